The van der Waals surface area contributed by atoms with Crippen LogP contribution in [0.4, 0.5) is 17.1 Å². The maximum Gasteiger partial charge on any atom is 0.397 e. The van der Waals surface area contributed by atoms with Crippen molar-refractivity contribution in [2.24, 2.45) is 10.2 Å². The largest absolute Gasteiger partial charge is 0.506 e. The molecular weight excluding hydrogens is 450 g/mol. The quantitative estimate of drug-likeness (QED) is 0.0952. The van der Waals surface area contributed by atoms with E-state index in [-0.39, 0.29) is 35.2 Å². The molecule has 0 atom stereocenters. The molecule has 12 nitrogen and oxygen atoms in total. The number of nitrogens with zero attached hydrogens (tertiary/aromatic N) is 2. The van der Waals surface area contributed by atoms with Crippen LogP contribution in [0.25, 0.3) is 0 Å². The third kappa shape index (κ3) is 6.55. The number of rotatable bonds is 8. The van der Waals surface area contributed by atoms with E-state index in [1.165, 1.54) is 18.2 Å². The number of hydrogen-bond donors (Lipinski definition) is 5. The van der Waals surface area contributed by atoms with Crippen LogP contribution in [-0.2, 0) is 24.7 Å². The lowest BCUT2D eigenvalue weighted by Crippen LogP contribution is -2.06. The molecule has 158 valence electrons. The monoisotopic (exact) mass is 465 g/mol. The number of phenolic OH excluding ortho intramolecular Hbond substituents is 2. The van der Waals surface area contributed by atoms with Crippen molar-refractivity contribution in [1.82, 2.24) is 0 Å². The van der Waals surface area contributed by atoms with Crippen molar-refractivity contribution < 1.29 is 40.3 Å². The molecule has 0 saturated carbocycles. The Bertz CT molecular complexity index is 1150. The third-order valence-corrected chi connectivity index (χ3v) is 5.54. The molecule has 0 fully saturated rings. The first-order chi connectivity index (χ1) is 13.4. The zero-order valence-corrected chi connectivity index (χ0v) is 16.8. The van der Waals surface area contributed by atoms with Crippen molar-refractivity contribution >= 4 is 49.3 Å². The van der Waals surface area contributed by atoms with Gasteiger partial charge in [0.25, 0.3) is 10.1 Å². The van der Waals surface area contributed by atoms with Crippen LogP contribution in [0.15, 0.2) is 50.4 Å². The number of hydrogen-bond acceptors (Lipinski definition) is 11. The normalized spacial score (nSPS) is 12.5. The van der Waals surface area contributed by atoms with Crippen molar-refractivity contribution in [1.29, 1.82) is 0 Å². The summed E-state index contributed by atoms with van der Waals surface area (Å²) in [6, 6.07) is 6.07. The molecule has 6 N–H and O–H groups in total. The van der Waals surface area contributed by atoms with Gasteiger partial charge >= 0.3 is 10.4 Å². The van der Waals surface area contributed by atoms with E-state index in [0.29, 0.717) is 4.90 Å². The molecule has 2 aromatic rings. The Balaban J connectivity index is 2.27. The number of anilines is 1. The minimum absolute atomic E-state index is 0.0478. The molecule has 2 aromatic carbocycles. The van der Waals surface area contributed by atoms with E-state index in [0.717, 1.165) is 23.9 Å². The van der Waals surface area contributed by atoms with Crippen molar-refractivity contribution in [2.45, 2.75) is 9.79 Å². The zero-order chi connectivity index (χ0) is 21.8. The summed E-state index contributed by atoms with van der Waals surface area (Å²) in [5.41, 5.74) is 4.71. The van der Waals surface area contributed by atoms with Gasteiger partial charge in [0.1, 0.15) is 27.7 Å². The lowest BCUT2D eigenvalue weighted by atomic mass is 10.2. The van der Waals surface area contributed by atoms with Crippen molar-refractivity contribution in [3.05, 3.63) is 30.3 Å². The number of nitrogens with two attached hydrogens (primary N) is 1. The minimum atomic E-state index is -4.70. The molecule has 0 heterocycles. The Morgan fingerprint density at radius 1 is 1.00 bits per heavy atom. The highest BCUT2D eigenvalue weighted by atomic mass is 32.3. The van der Waals surface area contributed by atoms with Gasteiger partial charge in [-0.05, 0) is 30.3 Å². The highest BCUT2D eigenvalue weighted by molar-refractivity contribution is 7.99. The van der Waals surface area contributed by atoms with Crippen LogP contribution >= 0.6 is 11.8 Å². The van der Waals surface area contributed by atoms with Gasteiger partial charge in [-0.25, -0.2) is 4.18 Å². The van der Waals surface area contributed by atoms with E-state index in [2.05, 4.69) is 14.4 Å². The molecule has 0 aromatic heterocycles. The molecular formula is C14H15N3O9S3. The Morgan fingerprint density at radius 3 is 2.24 bits per heavy atom. The van der Waals surface area contributed by atoms with Crippen LogP contribution in [0.3, 0.4) is 0 Å². The summed E-state index contributed by atoms with van der Waals surface area (Å²) in [6.07, 6.45) is 0. The first-order valence-corrected chi connectivity index (χ1v) is 11.3. The lowest BCUT2D eigenvalue weighted by Gasteiger charge is -2.07. The maximum absolute atomic E-state index is 11.6. The fourth-order valence-electron chi connectivity index (χ4n) is 1.95. The second kappa shape index (κ2) is 8.93. The van der Waals surface area contributed by atoms with E-state index in [1.54, 1.807) is 0 Å². The molecule has 0 aliphatic rings. The van der Waals surface area contributed by atoms with Gasteiger partial charge in [0, 0.05) is 10.6 Å². The number of azo groups is 1. The van der Waals surface area contributed by atoms with Crippen molar-refractivity contribution in [3.8, 4) is 11.5 Å². The van der Waals surface area contributed by atoms with Gasteiger partial charge in [-0.1, -0.05) is 0 Å². The molecule has 0 aliphatic heterocycles. The summed E-state index contributed by atoms with van der Waals surface area (Å²) in [5.74, 6) is -0.890. The highest BCUT2D eigenvalue weighted by Crippen LogP contribution is 2.39. The maximum atomic E-state index is 11.6. The first-order valence-electron chi connectivity index (χ1n) is 7.47. The fraction of sp³-hybridized carbons (Fsp3) is 0.143. The summed E-state index contributed by atoms with van der Waals surface area (Å²) in [7, 11) is -9.28. The van der Waals surface area contributed by atoms with Crippen LogP contribution in [-0.4, -0.2) is 48.5 Å². The zero-order valence-electron chi connectivity index (χ0n) is 14.3. The van der Waals surface area contributed by atoms with Gasteiger partial charge in [-0.3, -0.25) is 9.11 Å². The molecule has 15 heteroatoms. The number of aromatic hydroxyl groups is 2. The third-order valence-electron chi connectivity index (χ3n) is 3.23. The van der Waals surface area contributed by atoms with Crippen LogP contribution in [0, 0.1) is 0 Å². The summed E-state index contributed by atoms with van der Waals surface area (Å²) in [6.45, 7) is -0.367. The number of nitrogen functional groups attached to an aromatic ring is 1. The van der Waals surface area contributed by atoms with E-state index in [9.17, 15) is 31.6 Å². The molecule has 0 unspecified atom stereocenters. The van der Waals surface area contributed by atoms with Gasteiger partial charge in [0.2, 0.25) is 0 Å². The predicted molar refractivity (Wildman–Crippen MR) is 103 cm³/mol. The lowest BCUT2D eigenvalue weighted by molar-refractivity contribution is 0.285. The minimum Gasteiger partial charge on any atom is -0.506 e. The van der Waals surface area contributed by atoms with Crippen LogP contribution in [0.1, 0.15) is 0 Å². The summed E-state index contributed by atoms with van der Waals surface area (Å²) in [4.78, 5) is -0.263. The first kappa shape index (κ1) is 22.9. The molecule has 0 bridgehead atoms. The smallest absolute Gasteiger partial charge is 0.397 e. The molecule has 0 saturated heterocycles. The SMILES string of the molecule is Nc1c(O)ccc(N=Nc2ccc(SCCOS(=O)(=O)O)cc2S(=O)(=O)O)c1O. The Morgan fingerprint density at radius 2 is 1.62 bits per heavy atom. The van der Waals surface area contributed by atoms with Gasteiger partial charge in [-0.2, -0.15) is 16.8 Å². The number of phenols is 2. The van der Waals surface area contributed by atoms with E-state index < -0.39 is 31.2 Å². The summed E-state index contributed by atoms with van der Waals surface area (Å²) < 4.78 is 66.3. The highest BCUT2D eigenvalue weighted by Gasteiger charge is 2.17. The summed E-state index contributed by atoms with van der Waals surface area (Å²) in [5, 5.41) is 26.6. The van der Waals surface area contributed by atoms with Crippen molar-refractivity contribution in [3.63, 3.8) is 0 Å². The van der Waals surface area contributed by atoms with Gasteiger partial charge < -0.3 is 15.9 Å². The Hall–Kier alpha value is -2.43. The van der Waals surface area contributed by atoms with Crippen LogP contribution < -0.4 is 5.73 Å². The topological polar surface area (TPSA) is 209 Å². The van der Waals surface area contributed by atoms with E-state index in [4.69, 9.17) is 10.3 Å². The average Bonchev–Trinajstić information content (AvgIpc) is 2.61. The fourth-order valence-corrected chi connectivity index (χ4v) is 3.84. The predicted octanol–water partition coefficient (Wildman–Crippen LogP) is 2.25. The van der Waals surface area contributed by atoms with Crippen molar-refractivity contribution in [2.75, 3.05) is 18.1 Å². The summed E-state index contributed by atoms with van der Waals surface area (Å²) >= 11 is 0.988. The second-order valence-electron chi connectivity index (χ2n) is 5.27. The van der Waals surface area contributed by atoms with Crippen LogP contribution in [0.2, 0.25) is 0 Å². The average molecular weight is 465 g/mol. The number of benzene rings is 2. The Labute approximate surface area is 169 Å². The molecule has 0 radical (unpaired) electrons. The standard InChI is InChI=1S/C14H15N3O9S3/c15-13-11(18)4-3-10(14(13)19)17-16-9-2-1-8(7-12(9)28(20,21)22)27-6-5-26-29(23,24)25/h1-4,7,18-19H,5-6,15H2,(H,20,21,22)(H,23,24,25). The van der Waals surface area contributed by atoms with Crippen LogP contribution in [0.5, 0.6) is 11.5 Å². The molecule has 2 rings (SSSR count). The molecule has 0 amide bonds. The van der Waals surface area contributed by atoms with Gasteiger partial charge in [-0.15, -0.1) is 22.0 Å². The molecule has 0 aliphatic carbocycles. The molecule has 0 spiro atoms. The van der Waals surface area contributed by atoms with E-state index in [1.807, 2.05) is 0 Å². The molecule has 29 heavy (non-hydrogen) atoms. The van der Waals surface area contributed by atoms with E-state index >= 15 is 0 Å². The second-order valence-corrected chi connectivity index (χ2v) is 8.92. The van der Waals surface area contributed by atoms with Gasteiger partial charge in [0.05, 0.1) is 6.61 Å². The Kier molecular flexibility index (Phi) is 7.04. The van der Waals surface area contributed by atoms with Gasteiger partial charge in [0.15, 0.2) is 5.75 Å². The number of thioether (sulfide) groups is 1.